The zero-order valence-corrected chi connectivity index (χ0v) is 20.2. The topological polar surface area (TPSA) is 123 Å². The highest BCUT2D eigenvalue weighted by atomic mass is 32.2. The number of thioether (sulfide) groups is 1. The van der Waals surface area contributed by atoms with E-state index < -0.39 is 5.24 Å². The lowest BCUT2D eigenvalue weighted by Gasteiger charge is -2.32. The highest BCUT2D eigenvalue weighted by Gasteiger charge is 2.21. The maximum absolute atomic E-state index is 11.8. The summed E-state index contributed by atoms with van der Waals surface area (Å²) in [4.78, 5) is 38.8. The minimum absolute atomic E-state index is 0.235. The van der Waals surface area contributed by atoms with E-state index in [1.54, 1.807) is 24.5 Å². The molecule has 2 aromatic rings. The van der Waals surface area contributed by atoms with Gasteiger partial charge in [0.15, 0.2) is 5.78 Å². The molecule has 2 aliphatic heterocycles. The maximum atomic E-state index is 11.8. The summed E-state index contributed by atoms with van der Waals surface area (Å²) < 4.78 is 5.41. The van der Waals surface area contributed by atoms with E-state index in [0.29, 0.717) is 41.6 Å². The van der Waals surface area contributed by atoms with Crippen molar-refractivity contribution < 1.29 is 14.3 Å². The van der Waals surface area contributed by atoms with Gasteiger partial charge in [0.25, 0.3) is 5.24 Å². The van der Waals surface area contributed by atoms with Gasteiger partial charge in [-0.3, -0.25) is 14.6 Å². The van der Waals surface area contributed by atoms with Gasteiger partial charge in [-0.15, -0.1) is 0 Å². The molecule has 10 heteroatoms. The number of pyridine rings is 1. The molecular weight excluding hydrogens is 464 g/mol. The summed E-state index contributed by atoms with van der Waals surface area (Å²) in [7, 11) is 0. The number of ketones is 1. The second kappa shape index (κ2) is 11.6. The first-order valence-electron chi connectivity index (χ1n) is 11.3. The van der Waals surface area contributed by atoms with Crippen LogP contribution in [0.1, 0.15) is 36.7 Å². The Balaban J connectivity index is 1.30. The highest BCUT2D eigenvalue weighted by Crippen LogP contribution is 2.23. The average Bonchev–Trinajstić information content (AvgIpc) is 3.39. The summed E-state index contributed by atoms with van der Waals surface area (Å²) in [6.45, 7) is 4.66. The smallest absolute Gasteiger partial charge is 0.281 e. The number of Topliss-reactive ketones (excluding diaryl/α,β-unsaturated/α-hetero) is 1. The maximum Gasteiger partial charge on any atom is 0.281 e. The largest absolute Gasteiger partial charge is 0.445 e. The van der Waals surface area contributed by atoms with Crippen LogP contribution in [0.3, 0.4) is 0 Å². The summed E-state index contributed by atoms with van der Waals surface area (Å²) in [6, 6.07) is 5.66. The molecule has 1 fully saturated rings. The third-order valence-electron chi connectivity index (χ3n) is 5.67. The lowest BCUT2D eigenvalue weighted by Crippen LogP contribution is -2.38. The van der Waals surface area contributed by atoms with Crippen molar-refractivity contribution in [3.8, 4) is 0 Å². The monoisotopic (exact) mass is 490 g/mol. The first-order chi connectivity index (χ1) is 17.0. The van der Waals surface area contributed by atoms with Crippen LogP contribution in [0.25, 0.3) is 11.8 Å². The molecule has 0 spiro atoms. The fourth-order valence-electron chi connectivity index (χ4n) is 3.90. The number of hydrogen-bond donors (Lipinski definition) is 2. The normalized spacial score (nSPS) is 15.7. The molecule has 0 atom stereocenters. The summed E-state index contributed by atoms with van der Waals surface area (Å²) >= 11 is 0.707. The molecule has 1 saturated heterocycles. The van der Waals surface area contributed by atoms with Crippen molar-refractivity contribution in [1.29, 1.82) is 0 Å². The van der Waals surface area contributed by atoms with Gasteiger partial charge in [-0.2, -0.15) is 0 Å². The lowest BCUT2D eigenvalue weighted by molar-refractivity contribution is -0.112. The van der Waals surface area contributed by atoms with Crippen LogP contribution in [0.4, 0.5) is 10.7 Å². The van der Waals surface area contributed by atoms with Gasteiger partial charge in [-0.1, -0.05) is 6.07 Å². The molecular formula is C25H26N6O3S. The number of aromatic nitrogens is 3. The first kappa shape index (κ1) is 24.4. The molecule has 0 radical (unpaired) electrons. The number of piperidine rings is 1. The molecule has 2 aliphatic rings. The van der Waals surface area contributed by atoms with Gasteiger partial charge in [0.05, 0.1) is 10.6 Å². The van der Waals surface area contributed by atoms with Crippen LogP contribution >= 0.6 is 11.8 Å². The Morgan fingerprint density at radius 1 is 1.29 bits per heavy atom. The van der Waals surface area contributed by atoms with E-state index in [1.807, 2.05) is 12.1 Å². The molecule has 9 nitrogen and oxygen atoms in total. The molecule has 4 rings (SSSR count). The van der Waals surface area contributed by atoms with E-state index in [1.165, 1.54) is 13.2 Å². The van der Waals surface area contributed by atoms with Gasteiger partial charge < -0.3 is 20.7 Å². The molecule has 1 amide bonds. The lowest BCUT2D eigenvalue weighted by atomic mass is 9.97. The van der Waals surface area contributed by atoms with Crippen LogP contribution in [0, 0.1) is 5.92 Å². The van der Waals surface area contributed by atoms with Crippen LogP contribution in [0.5, 0.6) is 0 Å². The van der Waals surface area contributed by atoms with Gasteiger partial charge >= 0.3 is 0 Å². The fraction of sp³-hybridized carbons (Fsp3) is 0.320. The first-order valence-corrected chi connectivity index (χ1v) is 12.1. The number of allylic oxidation sites excluding steroid dienone is 1. The summed E-state index contributed by atoms with van der Waals surface area (Å²) in [6.07, 6.45) is 8.47. The second-order valence-corrected chi connectivity index (χ2v) is 9.22. The van der Waals surface area contributed by atoms with E-state index in [9.17, 15) is 9.59 Å². The molecule has 0 aliphatic carbocycles. The zero-order chi connectivity index (χ0) is 24.6. The molecule has 4 heterocycles. The van der Waals surface area contributed by atoms with Gasteiger partial charge in [0.1, 0.15) is 12.0 Å². The zero-order valence-electron chi connectivity index (χ0n) is 19.4. The number of carbonyl (C=O) groups excluding carboxylic acids is 2. The fourth-order valence-corrected chi connectivity index (χ4v) is 4.44. The number of anilines is 1. The van der Waals surface area contributed by atoms with E-state index in [-0.39, 0.29) is 10.7 Å². The molecule has 0 bridgehead atoms. The predicted octanol–water partition coefficient (Wildman–Crippen LogP) is 3.26. The van der Waals surface area contributed by atoms with Crippen LogP contribution in [-0.2, 0) is 16.1 Å². The molecule has 3 N–H and O–H groups in total. The van der Waals surface area contributed by atoms with E-state index in [2.05, 4.69) is 36.6 Å². The van der Waals surface area contributed by atoms with Crippen molar-refractivity contribution in [1.82, 2.24) is 20.3 Å². The Hall–Kier alpha value is -3.68. The van der Waals surface area contributed by atoms with E-state index in [4.69, 9.17) is 10.5 Å². The minimum Gasteiger partial charge on any atom is -0.445 e. The van der Waals surface area contributed by atoms with Crippen molar-refractivity contribution in [2.24, 2.45) is 11.7 Å². The highest BCUT2D eigenvalue weighted by molar-refractivity contribution is 8.17. The van der Waals surface area contributed by atoms with Gasteiger partial charge in [0.2, 0.25) is 11.7 Å². The van der Waals surface area contributed by atoms with Crippen LogP contribution in [0.15, 0.2) is 53.2 Å². The Kier molecular flexibility index (Phi) is 8.13. The Labute approximate surface area is 207 Å². The van der Waals surface area contributed by atoms with Crippen molar-refractivity contribution >= 4 is 40.6 Å². The van der Waals surface area contributed by atoms with Crippen LogP contribution in [0.2, 0.25) is 0 Å². The molecule has 0 aromatic carbocycles. The van der Waals surface area contributed by atoms with Crippen molar-refractivity contribution in [3.63, 3.8) is 0 Å². The molecule has 180 valence electrons. The third-order valence-corrected chi connectivity index (χ3v) is 6.50. The number of nitrogens with two attached hydrogens (primary N) is 1. The SMILES string of the molecule is CC(=O)/C(=C/c1ccnc(N2CCC(CNCc3cccnc3C3=C=C=CO3)CC2)n1)SC(N)=O. The van der Waals surface area contributed by atoms with Crippen molar-refractivity contribution in [2.45, 2.75) is 26.3 Å². The molecule has 2 aromatic heterocycles. The Morgan fingerprint density at radius 2 is 2.11 bits per heavy atom. The number of carbonyl (C=O) groups is 2. The number of amides is 1. The third kappa shape index (κ3) is 6.68. The van der Waals surface area contributed by atoms with Gasteiger partial charge in [-0.25, -0.2) is 9.97 Å². The van der Waals surface area contributed by atoms with Crippen molar-refractivity contribution in [2.75, 3.05) is 24.5 Å². The molecule has 35 heavy (non-hydrogen) atoms. The average molecular weight is 491 g/mol. The van der Waals surface area contributed by atoms with Gasteiger partial charge in [-0.05, 0) is 79.2 Å². The summed E-state index contributed by atoms with van der Waals surface area (Å²) in [5, 5.41) is 2.92. The quantitative estimate of drug-likeness (QED) is 0.403. The number of nitrogens with zero attached hydrogens (tertiary/aromatic N) is 4. The summed E-state index contributed by atoms with van der Waals surface area (Å²) in [5.74, 6) is 1.51. The van der Waals surface area contributed by atoms with Gasteiger partial charge in [0, 0.05) is 32.0 Å². The predicted molar refractivity (Wildman–Crippen MR) is 135 cm³/mol. The van der Waals surface area contributed by atoms with Crippen LogP contribution in [-0.4, -0.2) is 45.6 Å². The number of rotatable bonds is 9. The number of nitrogens with one attached hydrogen (secondary N) is 1. The molecule has 0 unspecified atom stereocenters. The van der Waals surface area contributed by atoms with Crippen LogP contribution < -0.4 is 16.0 Å². The summed E-state index contributed by atoms with van der Waals surface area (Å²) in [5.41, 5.74) is 13.4. The minimum atomic E-state index is -0.631. The van der Waals surface area contributed by atoms with E-state index in [0.717, 1.165) is 43.7 Å². The molecule has 0 saturated carbocycles. The standard InChI is InChI=1S/C25H26N6O3S/c1-17(32)22(35-24(26)33)14-20-6-10-29-25(30-20)31-11-7-18(8-12-31)15-27-16-19-4-2-9-28-23(19)21-5-3-13-34-21/h2,4,6,9-10,13-14,18,27H,7-8,11-12,15-16H2,1H3,(H2,26,33)/b22-14-. The second-order valence-electron chi connectivity index (χ2n) is 8.17. The number of hydrogen-bond acceptors (Lipinski definition) is 9. The number of primary amides is 1. The van der Waals surface area contributed by atoms with E-state index >= 15 is 0 Å². The Morgan fingerprint density at radius 3 is 2.83 bits per heavy atom. The van der Waals surface area contributed by atoms with Crippen molar-refractivity contribution in [3.05, 3.63) is 70.2 Å². The Bertz CT molecular complexity index is 1240. The number of ether oxygens (including phenoxy) is 1.